The van der Waals surface area contributed by atoms with Crippen LogP contribution in [0.4, 0.5) is 0 Å². The van der Waals surface area contributed by atoms with Gasteiger partial charge in [-0.3, -0.25) is 4.79 Å². The quantitative estimate of drug-likeness (QED) is 0.557. The molecule has 2 heteroatoms. The average molecular weight is 153 g/mol. The molecule has 0 bridgehead atoms. The van der Waals surface area contributed by atoms with Crippen LogP contribution in [0.15, 0.2) is 0 Å². The summed E-state index contributed by atoms with van der Waals surface area (Å²) >= 11 is 0. The van der Waals surface area contributed by atoms with E-state index in [0.717, 1.165) is 13.1 Å². The molecule has 0 spiro atoms. The van der Waals surface area contributed by atoms with E-state index in [1.807, 2.05) is 13.8 Å². The molecule has 11 heavy (non-hydrogen) atoms. The minimum atomic E-state index is 0.160. The van der Waals surface area contributed by atoms with Gasteiger partial charge in [-0.25, -0.2) is 0 Å². The third-order valence-electron chi connectivity index (χ3n) is 1.60. The maximum Gasteiger partial charge on any atom is 0.223 e. The molecule has 0 aliphatic carbocycles. The molecule has 2 nitrogen and oxygen atoms in total. The second-order valence-electron chi connectivity index (χ2n) is 2.27. The Labute approximate surface area is 68.6 Å². The van der Waals surface area contributed by atoms with Crippen LogP contribution in [0.2, 0.25) is 0 Å². The van der Waals surface area contributed by atoms with E-state index in [1.165, 1.54) is 0 Å². The van der Waals surface area contributed by atoms with Gasteiger partial charge in [-0.1, -0.05) is 0 Å². The number of nitrogens with zero attached hydrogens (tertiary/aromatic N) is 1. The van der Waals surface area contributed by atoms with Gasteiger partial charge in [0.25, 0.3) is 0 Å². The lowest BCUT2D eigenvalue weighted by molar-refractivity contribution is -0.130. The van der Waals surface area contributed by atoms with Gasteiger partial charge in [0.05, 0.1) is 0 Å². The van der Waals surface area contributed by atoms with Gasteiger partial charge in [0.15, 0.2) is 0 Å². The zero-order valence-corrected chi connectivity index (χ0v) is 7.26. The lowest BCUT2D eigenvalue weighted by atomic mass is 10.3. The lowest BCUT2D eigenvalue weighted by Gasteiger charge is -2.17. The van der Waals surface area contributed by atoms with Crippen LogP contribution in [0, 0.1) is 12.3 Å². The SMILES string of the molecule is C#CCCC(=O)N(CC)CC. The highest BCUT2D eigenvalue weighted by molar-refractivity contribution is 5.76. The number of rotatable bonds is 4. The lowest BCUT2D eigenvalue weighted by Crippen LogP contribution is -2.29. The van der Waals surface area contributed by atoms with Crippen molar-refractivity contribution >= 4 is 5.91 Å². The van der Waals surface area contributed by atoms with Crippen molar-refractivity contribution in [1.29, 1.82) is 0 Å². The zero-order valence-electron chi connectivity index (χ0n) is 7.26. The molecule has 0 aromatic heterocycles. The van der Waals surface area contributed by atoms with E-state index in [9.17, 15) is 4.79 Å². The first-order chi connectivity index (χ1) is 5.26. The number of amides is 1. The van der Waals surface area contributed by atoms with Crippen molar-refractivity contribution in [2.45, 2.75) is 26.7 Å². The molecule has 0 saturated carbocycles. The molecule has 0 unspecified atom stereocenters. The Morgan fingerprint density at radius 1 is 1.45 bits per heavy atom. The van der Waals surface area contributed by atoms with Gasteiger partial charge in [0, 0.05) is 25.9 Å². The Hall–Kier alpha value is -0.970. The summed E-state index contributed by atoms with van der Waals surface area (Å²) in [7, 11) is 0. The van der Waals surface area contributed by atoms with Gasteiger partial charge in [0.2, 0.25) is 5.91 Å². The minimum Gasteiger partial charge on any atom is -0.343 e. The summed E-state index contributed by atoms with van der Waals surface area (Å²) in [5.41, 5.74) is 0. The highest BCUT2D eigenvalue weighted by Crippen LogP contribution is 1.95. The molecular formula is C9H15NO. The van der Waals surface area contributed by atoms with Crippen molar-refractivity contribution in [2.75, 3.05) is 13.1 Å². The van der Waals surface area contributed by atoms with E-state index in [0.29, 0.717) is 12.8 Å². The average Bonchev–Trinajstić information content (AvgIpc) is 2.03. The van der Waals surface area contributed by atoms with E-state index in [1.54, 1.807) is 4.90 Å². The second kappa shape index (κ2) is 5.79. The molecule has 0 fully saturated rings. The number of terminal acetylenes is 1. The first kappa shape index (κ1) is 10.0. The van der Waals surface area contributed by atoms with Crippen molar-refractivity contribution in [3.8, 4) is 12.3 Å². The molecular weight excluding hydrogens is 138 g/mol. The molecule has 0 aliphatic heterocycles. The Bertz CT molecular complexity index is 153. The van der Waals surface area contributed by atoms with E-state index >= 15 is 0 Å². The topological polar surface area (TPSA) is 20.3 Å². The molecule has 62 valence electrons. The normalized spacial score (nSPS) is 8.82. The number of hydrogen-bond donors (Lipinski definition) is 0. The van der Waals surface area contributed by atoms with Gasteiger partial charge in [0.1, 0.15) is 0 Å². The third-order valence-corrected chi connectivity index (χ3v) is 1.60. The van der Waals surface area contributed by atoms with Crippen molar-refractivity contribution in [3.05, 3.63) is 0 Å². The summed E-state index contributed by atoms with van der Waals surface area (Å²) in [6.07, 6.45) is 6.07. The molecule has 0 rings (SSSR count). The Balaban J connectivity index is 3.72. The first-order valence-corrected chi connectivity index (χ1v) is 3.97. The van der Waals surface area contributed by atoms with E-state index < -0.39 is 0 Å². The van der Waals surface area contributed by atoms with Crippen molar-refractivity contribution in [2.24, 2.45) is 0 Å². The van der Waals surface area contributed by atoms with Crippen LogP contribution in [0.3, 0.4) is 0 Å². The summed E-state index contributed by atoms with van der Waals surface area (Å²) in [5.74, 6) is 2.61. The van der Waals surface area contributed by atoms with Crippen LogP contribution < -0.4 is 0 Å². The Kier molecular flexibility index (Phi) is 5.28. The standard InChI is InChI=1S/C9H15NO/c1-4-7-8-9(11)10(5-2)6-3/h1H,5-8H2,2-3H3. The molecule has 0 atom stereocenters. The van der Waals surface area contributed by atoms with E-state index in [4.69, 9.17) is 6.42 Å². The van der Waals surface area contributed by atoms with Gasteiger partial charge < -0.3 is 4.90 Å². The highest BCUT2D eigenvalue weighted by Gasteiger charge is 2.06. The maximum atomic E-state index is 11.2. The zero-order chi connectivity index (χ0) is 8.69. The van der Waals surface area contributed by atoms with Gasteiger partial charge >= 0.3 is 0 Å². The van der Waals surface area contributed by atoms with Crippen molar-refractivity contribution in [3.63, 3.8) is 0 Å². The molecule has 0 aromatic rings. The maximum absolute atomic E-state index is 11.2. The van der Waals surface area contributed by atoms with E-state index in [2.05, 4.69) is 5.92 Å². The summed E-state index contributed by atoms with van der Waals surface area (Å²) in [6.45, 7) is 5.49. The molecule has 0 saturated heterocycles. The fraction of sp³-hybridized carbons (Fsp3) is 0.667. The van der Waals surface area contributed by atoms with Crippen LogP contribution in [0.25, 0.3) is 0 Å². The first-order valence-electron chi connectivity index (χ1n) is 3.97. The van der Waals surface area contributed by atoms with Crippen LogP contribution in [0.1, 0.15) is 26.7 Å². The number of carbonyl (C=O) groups is 1. The molecule has 0 heterocycles. The third kappa shape index (κ3) is 3.67. The van der Waals surface area contributed by atoms with Crippen molar-refractivity contribution < 1.29 is 4.79 Å². The Morgan fingerprint density at radius 3 is 2.36 bits per heavy atom. The van der Waals surface area contributed by atoms with Crippen molar-refractivity contribution in [1.82, 2.24) is 4.90 Å². The van der Waals surface area contributed by atoms with Gasteiger partial charge in [-0.2, -0.15) is 0 Å². The smallest absolute Gasteiger partial charge is 0.223 e. The van der Waals surface area contributed by atoms with Crippen LogP contribution in [0.5, 0.6) is 0 Å². The van der Waals surface area contributed by atoms with Crippen LogP contribution >= 0.6 is 0 Å². The fourth-order valence-corrected chi connectivity index (χ4v) is 0.914. The molecule has 0 aromatic carbocycles. The number of carbonyl (C=O) groups excluding carboxylic acids is 1. The minimum absolute atomic E-state index is 0.160. The monoisotopic (exact) mass is 153 g/mol. The van der Waals surface area contributed by atoms with Gasteiger partial charge in [-0.15, -0.1) is 12.3 Å². The van der Waals surface area contributed by atoms with Gasteiger partial charge in [-0.05, 0) is 13.8 Å². The molecule has 0 radical (unpaired) electrons. The van der Waals surface area contributed by atoms with E-state index in [-0.39, 0.29) is 5.91 Å². The Morgan fingerprint density at radius 2 is 2.00 bits per heavy atom. The van der Waals surface area contributed by atoms with Crippen LogP contribution in [-0.2, 0) is 4.79 Å². The summed E-state index contributed by atoms with van der Waals surface area (Å²) < 4.78 is 0. The predicted octanol–water partition coefficient (Wildman–Crippen LogP) is 1.27. The highest BCUT2D eigenvalue weighted by atomic mass is 16.2. The summed E-state index contributed by atoms with van der Waals surface area (Å²) in [4.78, 5) is 13.0. The molecule has 1 amide bonds. The predicted molar refractivity (Wildman–Crippen MR) is 46.0 cm³/mol. The largest absolute Gasteiger partial charge is 0.343 e. The molecule has 0 aliphatic rings. The molecule has 0 N–H and O–H groups in total. The second-order valence-corrected chi connectivity index (χ2v) is 2.27. The summed E-state index contributed by atoms with van der Waals surface area (Å²) in [5, 5.41) is 0. The summed E-state index contributed by atoms with van der Waals surface area (Å²) in [6, 6.07) is 0. The fourth-order valence-electron chi connectivity index (χ4n) is 0.914. The van der Waals surface area contributed by atoms with Crippen LogP contribution in [-0.4, -0.2) is 23.9 Å². The number of hydrogen-bond acceptors (Lipinski definition) is 1.